The lowest BCUT2D eigenvalue weighted by Crippen LogP contribution is -2.07. The van der Waals surface area contributed by atoms with Crippen molar-refractivity contribution in [3.05, 3.63) is 34.9 Å². The molecule has 0 saturated carbocycles. The Morgan fingerprint density at radius 1 is 1.18 bits per heavy atom. The highest BCUT2D eigenvalue weighted by atomic mass is 16.5. The average molecular weight is 230 g/mol. The van der Waals surface area contributed by atoms with Crippen molar-refractivity contribution in [2.45, 2.75) is 0 Å². The lowest BCUT2D eigenvalue weighted by Gasteiger charge is -2.02. The standard InChI is InChI=1S/C12H6O5/c1-2-17-7-6-8-9(11(13)14)4-3-5-10(8)12(15)16/h1,3-5H,(H,13,14)(H,15,16). The zero-order valence-electron chi connectivity index (χ0n) is 8.43. The Bertz CT molecular complexity index is 537. The molecule has 1 aromatic carbocycles. The lowest BCUT2D eigenvalue weighted by molar-refractivity contribution is 0.0696. The third-order valence-corrected chi connectivity index (χ3v) is 1.81. The largest absolute Gasteiger partial charge is 0.478 e. The SMILES string of the molecule is C#COC#Cc1c(C(=O)O)cccc1C(=O)O. The van der Waals surface area contributed by atoms with Gasteiger partial charge >= 0.3 is 11.9 Å². The predicted molar refractivity (Wildman–Crippen MR) is 57.2 cm³/mol. The number of aromatic carboxylic acids is 2. The summed E-state index contributed by atoms with van der Waals surface area (Å²) in [6.45, 7) is 0. The molecule has 0 aliphatic carbocycles. The first-order chi connectivity index (χ1) is 8.07. The van der Waals surface area contributed by atoms with Crippen LogP contribution in [0.25, 0.3) is 0 Å². The summed E-state index contributed by atoms with van der Waals surface area (Å²) in [7, 11) is 0. The molecule has 0 fully saturated rings. The van der Waals surface area contributed by atoms with Gasteiger partial charge in [0.05, 0.1) is 16.7 Å². The van der Waals surface area contributed by atoms with E-state index in [0.717, 1.165) is 0 Å². The topological polar surface area (TPSA) is 83.8 Å². The van der Waals surface area contributed by atoms with Gasteiger partial charge in [-0.3, -0.25) is 0 Å². The molecule has 2 N–H and O–H groups in total. The molecule has 0 radical (unpaired) electrons. The van der Waals surface area contributed by atoms with Gasteiger partial charge in [-0.2, -0.15) is 0 Å². The van der Waals surface area contributed by atoms with Crippen LogP contribution in [0.3, 0.4) is 0 Å². The fourth-order valence-electron chi connectivity index (χ4n) is 1.15. The summed E-state index contributed by atoms with van der Waals surface area (Å²) in [6, 6.07) is 3.81. The van der Waals surface area contributed by atoms with Gasteiger partial charge in [-0.1, -0.05) is 12.5 Å². The molecule has 0 saturated heterocycles. The van der Waals surface area contributed by atoms with E-state index in [1.165, 1.54) is 18.2 Å². The summed E-state index contributed by atoms with van der Waals surface area (Å²) in [5.74, 6) is -0.290. The molecule has 17 heavy (non-hydrogen) atoms. The second-order valence-corrected chi connectivity index (χ2v) is 2.79. The Hall–Kier alpha value is -2.92. The summed E-state index contributed by atoms with van der Waals surface area (Å²) in [5, 5.41) is 17.8. The minimum absolute atomic E-state index is 0.150. The van der Waals surface area contributed by atoms with Crippen molar-refractivity contribution in [3.63, 3.8) is 0 Å². The van der Waals surface area contributed by atoms with Crippen LogP contribution in [0.15, 0.2) is 18.2 Å². The van der Waals surface area contributed by atoms with E-state index >= 15 is 0 Å². The van der Waals surface area contributed by atoms with Crippen LogP contribution in [0.1, 0.15) is 26.3 Å². The van der Waals surface area contributed by atoms with E-state index in [2.05, 4.69) is 10.7 Å². The van der Waals surface area contributed by atoms with Crippen LogP contribution in [0, 0.1) is 24.6 Å². The molecular formula is C12H6O5. The number of carbonyl (C=O) groups is 2. The molecule has 5 nitrogen and oxygen atoms in total. The van der Waals surface area contributed by atoms with Gasteiger partial charge in [0.25, 0.3) is 0 Å². The molecule has 0 spiro atoms. The monoisotopic (exact) mass is 230 g/mol. The molecule has 5 heteroatoms. The van der Waals surface area contributed by atoms with Crippen LogP contribution in [0.4, 0.5) is 0 Å². The van der Waals surface area contributed by atoms with Crippen LogP contribution in [-0.2, 0) is 4.74 Å². The molecule has 0 heterocycles. The second-order valence-electron chi connectivity index (χ2n) is 2.79. The van der Waals surface area contributed by atoms with E-state index < -0.39 is 11.9 Å². The maximum Gasteiger partial charge on any atom is 0.336 e. The Morgan fingerprint density at radius 2 is 1.71 bits per heavy atom. The summed E-state index contributed by atoms with van der Waals surface area (Å²) in [6.07, 6.45) is 8.58. The smallest absolute Gasteiger partial charge is 0.336 e. The molecule has 84 valence electrons. The number of hydrogen-bond donors (Lipinski definition) is 2. The normalized spacial score (nSPS) is 8.41. The summed E-state index contributed by atoms with van der Waals surface area (Å²) in [5.41, 5.74) is -0.598. The van der Waals surface area contributed by atoms with E-state index in [9.17, 15) is 9.59 Å². The first-order valence-electron chi connectivity index (χ1n) is 4.30. The minimum atomic E-state index is -1.28. The Labute approximate surface area is 96.6 Å². The molecule has 0 amide bonds. The number of benzene rings is 1. The zero-order chi connectivity index (χ0) is 12.8. The van der Waals surface area contributed by atoms with Gasteiger partial charge in [-0.05, 0) is 18.1 Å². The van der Waals surface area contributed by atoms with Crippen LogP contribution in [0.2, 0.25) is 0 Å². The molecule has 0 unspecified atom stereocenters. The van der Waals surface area contributed by atoms with Crippen molar-refractivity contribution < 1.29 is 24.5 Å². The second kappa shape index (κ2) is 5.24. The first-order valence-corrected chi connectivity index (χ1v) is 4.30. The van der Waals surface area contributed by atoms with Crippen LogP contribution < -0.4 is 0 Å². The first kappa shape index (κ1) is 12.2. The summed E-state index contributed by atoms with van der Waals surface area (Å²) < 4.78 is 4.29. The van der Waals surface area contributed by atoms with Crippen molar-refractivity contribution in [2.75, 3.05) is 0 Å². The predicted octanol–water partition coefficient (Wildman–Crippen LogP) is 0.999. The van der Waals surface area contributed by atoms with E-state index in [-0.39, 0.29) is 16.7 Å². The molecule has 0 bridgehead atoms. The Balaban J connectivity index is 3.41. The highest BCUT2D eigenvalue weighted by molar-refractivity contribution is 5.98. The van der Waals surface area contributed by atoms with Crippen molar-refractivity contribution in [1.82, 2.24) is 0 Å². The molecule has 1 aromatic rings. The summed E-state index contributed by atoms with van der Waals surface area (Å²) in [4.78, 5) is 21.8. The van der Waals surface area contributed by atoms with Gasteiger partial charge in [0, 0.05) is 0 Å². The van der Waals surface area contributed by atoms with Gasteiger partial charge < -0.3 is 14.9 Å². The summed E-state index contributed by atoms with van der Waals surface area (Å²) >= 11 is 0. The van der Waals surface area contributed by atoms with E-state index in [1.54, 1.807) is 6.11 Å². The van der Waals surface area contributed by atoms with E-state index in [1.807, 2.05) is 6.11 Å². The maximum atomic E-state index is 10.9. The maximum absolute atomic E-state index is 10.9. The molecule has 0 aromatic heterocycles. The molecule has 1 rings (SSSR count). The molecule has 0 aliphatic rings. The third-order valence-electron chi connectivity index (χ3n) is 1.81. The number of rotatable bonds is 2. The number of carboxylic acid groups (broad SMARTS) is 2. The van der Waals surface area contributed by atoms with Crippen molar-refractivity contribution in [2.24, 2.45) is 0 Å². The van der Waals surface area contributed by atoms with Gasteiger partial charge in [0.15, 0.2) is 0 Å². The van der Waals surface area contributed by atoms with Crippen molar-refractivity contribution >= 4 is 11.9 Å². The zero-order valence-corrected chi connectivity index (χ0v) is 8.43. The van der Waals surface area contributed by atoms with Crippen LogP contribution >= 0.6 is 0 Å². The van der Waals surface area contributed by atoms with Gasteiger partial charge in [0.1, 0.15) is 12.2 Å². The van der Waals surface area contributed by atoms with Crippen molar-refractivity contribution in [1.29, 1.82) is 0 Å². The van der Waals surface area contributed by atoms with Crippen molar-refractivity contribution in [3.8, 4) is 24.6 Å². The van der Waals surface area contributed by atoms with Crippen LogP contribution in [0.5, 0.6) is 0 Å². The number of terminal acetylenes is 1. The lowest BCUT2D eigenvalue weighted by atomic mass is 10.0. The van der Waals surface area contributed by atoms with Gasteiger partial charge in [0.2, 0.25) is 0 Å². The Kier molecular flexibility index (Phi) is 3.75. The fourth-order valence-corrected chi connectivity index (χ4v) is 1.15. The highest BCUT2D eigenvalue weighted by Gasteiger charge is 2.16. The average Bonchev–Trinajstić information content (AvgIpc) is 2.28. The Morgan fingerprint density at radius 3 is 2.12 bits per heavy atom. The number of ether oxygens (including phenoxy) is 1. The fraction of sp³-hybridized carbons (Fsp3) is 0. The van der Waals surface area contributed by atoms with Crippen LogP contribution in [-0.4, -0.2) is 22.2 Å². The van der Waals surface area contributed by atoms with E-state index in [0.29, 0.717) is 0 Å². The highest BCUT2D eigenvalue weighted by Crippen LogP contribution is 2.14. The quantitative estimate of drug-likeness (QED) is 0.740. The minimum Gasteiger partial charge on any atom is -0.478 e. The number of hydrogen-bond acceptors (Lipinski definition) is 3. The molecular weight excluding hydrogens is 224 g/mol. The third kappa shape index (κ3) is 2.77. The van der Waals surface area contributed by atoms with E-state index in [4.69, 9.17) is 16.6 Å². The van der Waals surface area contributed by atoms with Gasteiger partial charge in [-0.25, -0.2) is 9.59 Å². The molecule has 0 atom stereocenters. The number of carboxylic acids is 2. The molecule has 0 aliphatic heterocycles. The van der Waals surface area contributed by atoms with Gasteiger partial charge in [-0.15, -0.1) is 0 Å².